The lowest BCUT2D eigenvalue weighted by molar-refractivity contribution is -0.123. The SMILES string of the molecule is CC(C)NC(=O)CC(CN)N1CCCC(C)C1C. The number of rotatable bonds is 5. The quantitative estimate of drug-likeness (QED) is 0.779. The van der Waals surface area contributed by atoms with Crippen molar-refractivity contribution in [3.8, 4) is 0 Å². The monoisotopic (exact) mass is 255 g/mol. The van der Waals surface area contributed by atoms with Crippen molar-refractivity contribution in [2.24, 2.45) is 11.7 Å². The van der Waals surface area contributed by atoms with Crippen LogP contribution in [-0.2, 0) is 4.79 Å². The van der Waals surface area contributed by atoms with Crippen LogP contribution in [0.5, 0.6) is 0 Å². The fourth-order valence-corrected chi connectivity index (χ4v) is 2.81. The third-order valence-corrected chi connectivity index (χ3v) is 4.03. The van der Waals surface area contributed by atoms with Crippen molar-refractivity contribution in [3.05, 3.63) is 0 Å². The predicted molar refractivity (Wildman–Crippen MR) is 75.3 cm³/mol. The van der Waals surface area contributed by atoms with Crippen LogP contribution in [0.2, 0.25) is 0 Å². The molecular weight excluding hydrogens is 226 g/mol. The highest BCUT2D eigenvalue weighted by Crippen LogP contribution is 2.25. The van der Waals surface area contributed by atoms with Crippen LogP contribution in [0.4, 0.5) is 0 Å². The number of hydrogen-bond acceptors (Lipinski definition) is 3. The van der Waals surface area contributed by atoms with Gasteiger partial charge in [-0.15, -0.1) is 0 Å². The number of amides is 1. The van der Waals surface area contributed by atoms with Crippen LogP contribution in [-0.4, -0.2) is 42.0 Å². The summed E-state index contributed by atoms with van der Waals surface area (Å²) < 4.78 is 0. The van der Waals surface area contributed by atoms with E-state index in [4.69, 9.17) is 5.73 Å². The number of carbonyl (C=O) groups is 1. The minimum Gasteiger partial charge on any atom is -0.354 e. The Morgan fingerprint density at radius 2 is 2.11 bits per heavy atom. The second-order valence-corrected chi connectivity index (χ2v) is 5.91. The van der Waals surface area contributed by atoms with Crippen LogP contribution in [0.1, 0.15) is 47.0 Å². The van der Waals surface area contributed by atoms with Gasteiger partial charge >= 0.3 is 0 Å². The van der Waals surface area contributed by atoms with Gasteiger partial charge in [0.1, 0.15) is 0 Å². The first kappa shape index (κ1) is 15.4. The first-order valence-corrected chi connectivity index (χ1v) is 7.20. The van der Waals surface area contributed by atoms with Gasteiger partial charge in [0.05, 0.1) is 0 Å². The molecule has 0 bridgehead atoms. The van der Waals surface area contributed by atoms with Crippen molar-refractivity contribution < 1.29 is 4.79 Å². The topological polar surface area (TPSA) is 58.4 Å². The fourth-order valence-electron chi connectivity index (χ4n) is 2.81. The zero-order chi connectivity index (χ0) is 13.7. The molecule has 3 N–H and O–H groups in total. The van der Waals surface area contributed by atoms with E-state index in [9.17, 15) is 4.79 Å². The van der Waals surface area contributed by atoms with Crippen molar-refractivity contribution in [2.45, 2.75) is 65.1 Å². The summed E-state index contributed by atoms with van der Waals surface area (Å²) in [5, 5.41) is 2.95. The molecule has 0 aromatic heterocycles. The molecule has 0 spiro atoms. The summed E-state index contributed by atoms with van der Waals surface area (Å²) in [6.45, 7) is 10.2. The Kier molecular flexibility index (Phi) is 6.09. The zero-order valence-corrected chi connectivity index (χ0v) is 12.3. The molecule has 0 saturated carbocycles. The maximum atomic E-state index is 11.9. The molecule has 0 radical (unpaired) electrons. The van der Waals surface area contributed by atoms with Crippen LogP contribution in [0.25, 0.3) is 0 Å². The van der Waals surface area contributed by atoms with Gasteiger partial charge in [-0.05, 0) is 46.1 Å². The zero-order valence-electron chi connectivity index (χ0n) is 12.3. The molecule has 1 saturated heterocycles. The van der Waals surface area contributed by atoms with E-state index < -0.39 is 0 Å². The van der Waals surface area contributed by atoms with Gasteiger partial charge in [-0.2, -0.15) is 0 Å². The summed E-state index contributed by atoms with van der Waals surface area (Å²) in [5.41, 5.74) is 5.87. The molecule has 3 atom stereocenters. The van der Waals surface area contributed by atoms with Crippen molar-refractivity contribution in [2.75, 3.05) is 13.1 Å². The maximum absolute atomic E-state index is 11.9. The Morgan fingerprint density at radius 3 is 2.67 bits per heavy atom. The lowest BCUT2D eigenvalue weighted by Crippen LogP contribution is -2.52. The van der Waals surface area contributed by atoms with Gasteiger partial charge in [-0.25, -0.2) is 0 Å². The molecule has 4 nitrogen and oxygen atoms in total. The molecule has 0 aromatic carbocycles. The van der Waals surface area contributed by atoms with Crippen molar-refractivity contribution in [3.63, 3.8) is 0 Å². The molecular formula is C14H29N3O. The average molecular weight is 255 g/mol. The van der Waals surface area contributed by atoms with Crippen LogP contribution >= 0.6 is 0 Å². The van der Waals surface area contributed by atoms with Crippen molar-refractivity contribution in [1.82, 2.24) is 10.2 Å². The van der Waals surface area contributed by atoms with Crippen LogP contribution in [0.15, 0.2) is 0 Å². The third-order valence-electron chi connectivity index (χ3n) is 4.03. The number of nitrogens with zero attached hydrogens (tertiary/aromatic N) is 1. The largest absolute Gasteiger partial charge is 0.354 e. The molecule has 1 heterocycles. The molecule has 1 aliphatic rings. The average Bonchev–Trinajstić information content (AvgIpc) is 2.29. The first-order valence-electron chi connectivity index (χ1n) is 7.20. The number of piperidine rings is 1. The van der Waals surface area contributed by atoms with E-state index in [0.717, 1.165) is 6.54 Å². The van der Waals surface area contributed by atoms with Gasteiger partial charge in [0.25, 0.3) is 0 Å². The van der Waals surface area contributed by atoms with Crippen molar-refractivity contribution in [1.29, 1.82) is 0 Å². The molecule has 3 unspecified atom stereocenters. The van der Waals surface area contributed by atoms with Gasteiger partial charge in [-0.1, -0.05) is 6.92 Å². The van der Waals surface area contributed by atoms with E-state index in [-0.39, 0.29) is 18.0 Å². The molecule has 106 valence electrons. The normalized spacial score (nSPS) is 27.2. The summed E-state index contributed by atoms with van der Waals surface area (Å²) in [5.74, 6) is 0.812. The number of likely N-dealkylation sites (tertiary alicyclic amines) is 1. The minimum absolute atomic E-state index is 0.117. The maximum Gasteiger partial charge on any atom is 0.221 e. The van der Waals surface area contributed by atoms with E-state index in [0.29, 0.717) is 24.9 Å². The van der Waals surface area contributed by atoms with E-state index in [1.807, 2.05) is 13.8 Å². The summed E-state index contributed by atoms with van der Waals surface area (Å²) in [7, 11) is 0. The molecule has 1 rings (SSSR count). The van der Waals surface area contributed by atoms with Gasteiger partial charge in [0.15, 0.2) is 0 Å². The number of nitrogens with one attached hydrogen (secondary N) is 1. The molecule has 4 heteroatoms. The molecule has 1 amide bonds. The molecule has 1 fully saturated rings. The standard InChI is InChI=1S/C14H29N3O/c1-10(2)16-14(18)8-13(9-15)17-7-5-6-11(3)12(17)4/h10-13H,5-9,15H2,1-4H3,(H,16,18). The van der Waals surface area contributed by atoms with Gasteiger partial charge in [0, 0.05) is 31.1 Å². The summed E-state index contributed by atoms with van der Waals surface area (Å²) in [6, 6.07) is 0.911. The van der Waals surface area contributed by atoms with E-state index >= 15 is 0 Å². The number of hydrogen-bond donors (Lipinski definition) is 2. The van der Waals surface area contributed by atoms with Crippen LogP contribution in [0, 0.1) is 5.92 Å². The van der Waals surface area contributed by atoms with E-state index in [2.05, 4.69) is 24.1 Å². The van der Waals surface area contributed by atoms with Gasteiger partial charge < -0.3 is 11.1 Å². The fraction of sp³-hybridized carbons (Fsp3) is 0.929. The Morgan fingerprint density at radius 1 is 1.44 bits per heavy atom. The second kappa shape index (κ2) is 7.10. The van der Waals surface area contributed by atoms with Crippen molar-refractivity contribution >= 4 is 5.91 Å². The Bertz CT molecular complexity index is 268. The van der Waals surface area contributed by atoms with Gasteiger partial charge in [-0.3, -0.25) is 9.69 Å². The highest BCUT2D eigenvalue weighted by atomic mass is 16.1. The Balaban J connectivity index is 2.56. The summed E-state index contributed by atoms with van der Waals surface area (Å²) in [6.07, 6.45) is 3.02. The highest BCUT2D eigenvalue weighted by molar-refractivity contribution is 5.76. The van der Waals surface area contributed by atoms with E-state index in [1.165, 1.54) is 12.8 Å². The Hall–Kier alpha value is -0.610. The number of nitrogens with two attached hydrogens (primary N) is 1. The Labute approximate surface area is 111 Å². The smallest absolute Gasteiger partial charge is 0.221 e. The minimum atomic E-state index is 0.117. The lowest BCUT2D eigenvalue weighted by Gasteiger charge is -2.42. The molecule has 0 aromatic rings. The number of carbonyl (C=O) groups excluding carboxylic acids is 1. The van der Waals surface area contributed by atoms with Crippen LogP contribution < -0.4 is 11.1 Å². The van der Waals surface area contributed by atoms with Crippen LogP contribution in [0.3, 0.4) is 0 Å². The predicted octanol–water partition coefficient (Wildman–Crippen LogP) is 1.35. The molecule has 1 aliphatic heterocycles. The lowest BCUT2D eigenvalue weighted by atomic mass is 9.90. The summed E-state index contributed by atoms with van der Waals surface area (Å²) >= 11 is 0. The summed E-state index contributed by atoms with van der Waals surface area (Å²) in [4.78, 5) is 14.3. The van der Waals surface area contributed by atoms with Gasteiger partial charge in [0.2, 0.25) is 5.91 Å². The highest BCUT2D eigenvalue weighted by Gasteiger charge is 2.30. The molecule has 18 heavy (non-hydrogen) atoms. The first-order chi connectivity index (χ1) is 8.45. The molecule has 0 aliphatic carbocycles. The van der Waals surface area contributed by atoms with E-state index in [1.54, 1.807) is 0 Å². The second-order valence-electron chi connectivity index (χ2n) is 5.91. The third kappa shape index (κ3) is 4.25.